The summed E-state index contributed by atoms with van der Waals surface area (Å²) >= 11 is 0. The average Bonchev–Trinajstić information content (AvgIpc) is 2.74. The third kappa shape index (κ3) is 3.22. The molecular weight excluding hydrogens is 214 g/mol. The van der Waals surface area contributed by atoms with E-state index in [1.807, 2.05) is 6.20 Å². The van der Waals surface area contributed by atoms with Crippen LogP contribution >= 0.6 is 0 Å². The fourth-order valence-electron chi connectivity index (χ4n) is 2.16. The second kappa shape index (κ2) is 5.54. The first-order chi connectivity index (χ1) is 8.23. The van der Waals surface area contributed by atoms with Gasteiger partial charge in [0, 0.05) is 37.7 Å². The fraction of sp³-hybridized carbons (Fsp3) is 0.769. The lowest BCUT2D eigenvalue weighted by atomic mass is 9.93. The normalized spacial score (nSPS) is 19.2. The molecule has 0 aliphatic carbocycles. The fourth-order valence-corrected chi connectivity index (χ4v) is 2.16. The highest BCUT2D eigenvalue weighted by molar-refractivity contribution is 5.30. The largest absolute Gasteiger partial charge is 0.381 e. The maximum Gasteiger partial charge on any atom is 0.203 e. The number of hydrogen-bond donors (Lipinski definition) is 1. The molecule has 0 spiro atoms. The lowest BCUT2D eigenvalue weighted by Gasteiger charge is -2.35. The van der Waals surface area contributed by atoms with Gasteiger partial charge in [0.15, 0.2) is 0 Å². The molecule has 0 aromatic carbocycles. The van der Waals surface area contributed by atoms with Crippen molar-refractivity contribution >= 4 is 5.95 Å². The molecule has 96 valence electrons. The van der Waals surface area contributed by atoms with E-state index in [2.05, 4.69) is 34.9 Å². The van der Waals surface area contributed by atoms with Gasteiger partial charge in [0.05, 0.1) is 0 Å². The molecule has 2 rings (SSSR count). The van der Waals surface area contributed by atoms with Crippen molar-refractivity contribution in [2.24, 2.45) is 0 Å². The van der Waals surface area contributed by atoms with Crippen LogP contribution in [0.4, 0.5) is 5.95 Å². The third-order valence-electron chi connectivity index (χ3n) is 3.48. The molecule has 0 amide bonds. The van der Waals surface area contributed by atoms with Gasteiger partial charge in [-0.15, -0.1) is 0 Å². The molecule has 17 heavy (non-hydrogen) atoms. The number of anilines is 1. The third-order valence-corrected chi connectivity index (χ3v) is 3.48. The predicted molar refractivity (Wildman–Crippen MR) is 69.2 cm³/mol. The number of hydrogen-bond acceptors (Lipinski definition) is 3. The summed E-state index contributed by atoms with van der Waals surface area (Å²) in [7, 11) is 0. The zero-order valence-corrected chi connectivity index (χ0v) is 10.9. The molecule has 1 fully saturated rings. The van der Waals surface area contributed by atoms with Crippen LogP contribution in [0.1, 0.15) is 39.5 Å². The number of ether oxygens (including phenoxy) is 1. The SMILES string of the molecule is CCCCn1ccnc1NC1(C)CCOCC1. The molecule has 4 nitrogen and oxygen atoms in total. The van der Waals surface area contributed by atoms with Crippen LogP contribution < -0.4 is 5.32 Å². The standard InChI is InChI=1S/C13H23N3O/c1-3-4-8-16-9-7-14-12(16)15-13(2)5-10-17-11-6-13/h7,9H,3-6,8,10-11H2,1-2H3,(H,14,15). The number of aromatic nitrogens is 2. The van der Waals surface area contributed by atoms with Crippen LogP contribution in [0.15, 0.2) is 12.4 Å². The van der Waals surface area contributed by atoms with Gasteiger partial charge in [-0.3, -0.25) is 0 Å². The second-order valence-corrected chi connectivity index (χ2v) is 5.10. The molecule has 1 aliphatic rings. The van der Waals surface area contributed by atoms with Crippen molar-refractivity contribution in [1.82, 2.24) is 9.55 Å². The molecule has 0 atom stereocenters. The first-order valence-corrected chi connectivity index (χ1v) is 6.60. The van der Waals surface area contributed by atoms with Crippen LogP contribution in [0.3, 0.4) is 0 Å². The lowest BCUT2D eigenvalue weighted by Crippen LogP contribution is -2.41. The topological polar surface area (TPSA) is 39.1 Å². The van der Waals surface area contributed by atoms with E-state index < -0.39 is 0 Å². The Labute approximate surface area is 103 Å². The number of unbranched alkanes of at least 4 members (excludes halogenated alkanes) is 1. The molecule has 0 saturated carbocycles. The van der Waals surface area contributed by atoms with Gasteiger partial charge in [-0.05, 0) is 26.2 Å². The highest BCUT2D eigenvalue weighted by Crippen LogP contribution is 2.24. The number of nitrogens with zero attached hydrogens (tertiary/aromatic N) is 2. The van der Waals surface area contributed by atoms with Gasteiger partial charge in [0.2, 0.25) is 5.95 Å². The van der Waals surface area contributed by atoms with Gasteiger partial charge >= 0.3 is 0 Å². The van der Waals surface area contributed by atoms with Crippen molar-refractivity contribution in [2.75, 3.05) is 18.5 Å². The summed E-state index contributed by atoms with van der Waals surface area (Å²) in [6, 6.07) is 0. The quantitative estimate of drug-likeness (QED) is 0.855. The lowest BCUT2D eigenvalue weighted by molar-refractivity contribution is 0.0655. The Balaban J connectivity index is 1.99. The predicted octanol–water partition coefficient (Wildman–Crippen LogP) is 2.66. The molecule has 0 unspecified atom stereocenters. The summed E-state index contributed by atoms with van der Waals surface area (Å²) in [6.07, 6.45) is 8.44. The molecule has 1 aliphatic heterocycles. The van der Waals surface area contributed by atoms with Gasteiger partial charge < -0.3 is 14.6 Å². The van der Waals surface area contributed by atoms with Crippen LogP contribution in [0, 0.1) is 0 Å². The highest BCUT2D eigenvalue weighted by atomic mass is 16.5. The van der Waals surface area contributed by atoms with Crippen LogP contribution in [0.2, 0.25) is 0 Å². The van der Waals surface area contributed by atoms with E-state index in [1.54, 1.807) is 0 Å². The number of imidazole rings is 1. The Morgan fingerprint density at radius 3 is 2.94 bits per heavy atom. The first-order valence-electron chi connectivity index (χ1n) is 6.60. The first kappa shape index (κ1) is 12.4. The van der Waals surface area contributed by atoms with Crippen molar-refractivity contribution in [3.05, 3.63) is 12.4 Å². The summed E-state index contributed by atoms with van der Waals surface area (Å²) < 4.78 is 7.62. The van der Waals surface area contributed by atoms with E-state index in [9.17, 15) is 0 Å². The molecule has 4 heteroatoms. The van der Waals surface area contributed by atoms with Crippen LogP contribution in [-0.2, 0) is 11.3 Å². The zero-order valence-electron chi connectivity index (χ0n) is 10.9. The van der Waals surface area contributed by atoms with Gasteiger partial charge in [-0.1, -0.05) is 13.3 Å². The highest BCUT2D eigenvalue weighted by Gasteiger charge is 2.28. The van der Waals surface area contributed by atoms with E-state index in [-0.39, 0.29) is 5.54 Å². The summed E-state index contributed by atoms with van der Waals surface area (Å²) in [6.45, 7) is 7.21. The Morgan fingerprint density at radius 2 is 2.24 bits per heavy atom. The van der Waals surface area contributed by atoms with Crippen molar-refractivity contribution in [3.63, 3.8) is 0 Å². The van der Waals surface area contributed by atoms with Crippen molar-refractivity contribution in [2.45, 2.75) is 51.6 Å². The Bertz CT molecular complexity index is 342. The molecular formula is C13H23N3O. The van der Waals surface area contributed by atoms with Gasteiger partial charge in [0.25, 0.3) is 0 Å². The zero-order chi connectivity index (χ0) is 12.1. The van der Waals surface area contributed by atoms with E-state index in [4.69, 9.17) is 4.74 Å². The number of nitrogens with one attached hydrogen (secondary N) is 1. The maximum absolute atomic E-state index is 5.41. The smallest absolute Gasteiger partial charge is 0.203 e. The number of rotatable bonds is 5. The van der Waals surface area contributed by atoms with E-state index >= 15 is 0 Å². The summed E-state index contributed by atoms with van der Waals surface area (Å²) in [5.41, 5.74) is 0.133. The Hall–Kier alpha value is -1.03. The minimum absolute atomic E-state index is 0.133. The molecule has 1 aromatic heterocycles. The maximum atomic E-state index is 5.41. The molecule has 0 bridgehead atoms. The molecule has 1 saturated heterocycles. The van der Waals surface area contributed by atoms with Crippen LogP contribution in [-0.4, -0.2) is 28.3 Å². The summed E-state index contributed by atoms with van der Waals surface area (Å²) in [5.74, 6) is 1.00. The van der Waals surface area contributed by atoms with Crippen molar-refractivity contribution in [1.29, 1.82) is 0 Å². The minimum Gasteiger partial charge on any atom is -0.381 e. The van der Waals surface area contributed by atoms with Gasteiger partial charge in [-0.25, -0.2) is 4.98 Å². The van der Waals surface area contributed by atoms with E-state index in [0.29, 0.717) is 0 Å². The number of aryl methyl sites for hydroxylation is 1. The molecule has 2 heterocycles. The Morgan fingerprint density at radius 1 is 1.47 bits per heavy atom. The molecule has 1 aromatic rings. The summed E-state index contributed by atoms with van der Waals surface area (Å²) in [4.78, 5) is 4.42. The van der Waals surface area contributed by atoms with Crippen molar-refractivity contribution < 1.29 is 4.74 Å². The summed E-state index contributed by atoms with van der Waals surface area (Å²) in [5, 5.41) is 3.59. The Kier molecular flexibility index (Phi) is 4.05. The molecule has 1 N–H and O–H groups in total. The monoisotopic (exact) mass is 237 g/mol. The van der Waals surface area contributed by atoms with Crippen LogP contribution in [0.5, 0.6) is 0 Å². The van der Waals surface area contributed by atoms with Gasteiger partial charge in [0.1, 0.15) is 0 Å². The minimum atomic E-state index is 0.133. The molecule has 0 radical (unpaired) electrons. The van der Waals surface area contributed by atoms with E-state index in [1.165, 1.54) is 12.8 Å². The average molecular weight is 237 g/mol. The van der Waals surface area contributed by atoms with E-state index in [0.717, 1.165) is 38.5 Å². The second-order valence-electron chi connectivity index (χ2n) is 5.10. The van der Waals surface area contributed by atoms with Crippen molar-refractivity contribution in [3.8, 4) is 0 Å². The van der Waals surface area contributed by atoms with Crippen LogP contribution in [0.25, 0.3) is 0 Å². The van der Waals surface area contributed by atoms with Gasteiger partial charge in [-0.2, -0.15) is 0 Å².